The molecule has 0 aliphatic rings. The summed E-state index contributed by atoms with van der Waals surface area (Å²) >= 11 is 0. The zero-order valence-corrected chi connectivity index (χ0v) is 9.09. The van der Waals surface area contributed by atoms with Gasteiger partial charge in [0.15, 0.2) is 0 Å². The molecule has 0 unspecified atom stereocenters. The molecule has 0 saturated carbocycles. The van der Waals surface area contributed by atoms with Gasteiger partial charge in [0.2, 0.25) is 0 Å². The van der Waals surface area contributed by atoms with Gasteiger partial charge in [-0.1, -0.05) is 24.3 Å². The average Bonchev–Trinajstić information content (AvgIpc) is 2.75. The van der Waals surface area contributed by atoms with Gasteiger partial charge in [-0.15, -0.1) is 0 Å². The lowest BCUT2D eigenvalue weighted by atomic mass is 10.1. The monoisotopic (exact) mass is 208 g/mol. The van der Waals surface area contributed by atoms with Crippen LogP contribution < -0.4 is 0 Å². The van der Waals surface area contributed by atoms with E-state index in [4.69, 9.17) is 0 Å². The molecule has 0 N–H and O–H groups in total. The highest BCUT2D eigenvalue weighted by atomic mass is 14.9. The van der Waals surface area contributed by atoms with E-state index in [1.165, 1.54) is 16.3 Å². The molecular formula is C14H12N2. The molecule has 0 spiro atoms. The molecule has 0 atom stereocenters. The Bertz CT molecular complexity index is 633. The zero-order valence-electron chi connectivity index (χ0n) is 9.09. The molecule has 16 heavy (non-hydrogen) atoms. The fourth-order valence-electron chi connectivity index (χ4n) is 1.99. The molecule has 0 amide bonds. The summed E-state index contributed by atoms with van der Waals surface area (Å²) in [7, 11) is 2.02. The lowest BCUT2D eigenvalue weighted by Gasteiger charge is -2.02. The van der Waals surface area contributed by atoms with Crippen LogP contribution in [0.15, 0.2) is 55.0 Å². The first-order valence-corrected chi connectivity index (χ1v) is 5.31. The van der Waals surface area contributed by atoms with Gasteiger partial charge in [-0.2, -0.15) is 0 Å². The van der Waals surface area contributed by atoms with Crippen LogP contribution in [0.25, 0.3) is 22.0 Å². The van der Waals surface area contributed by atoms with Crippen LogP contribution in [0.3, 0.4) is 0 Å². The third-order valence-corrected chi connectivity index (χ3v) is 2.78. The predicted octanol–water partition coefficient (Wildman–Crippen LogP) is 3.24. The molecule has 2 heterocycles. The Morgan fingerprint density at radius 1 is 1.06 bits per heavy atom. The molecule has 0 aliphatic carbocycles. The molecule has 2 heteroatoms. The lowest BCUT2D eigenvalue weighted by molar-refractivity contribution is 0.928. The van der Waals surface area contributed by atoms with Crippen molar-refractivity contribution in [3.8, 4) is 11.3 Å². The van der Waals surface area contributed by atoms with E-state index >= 15 is 0 Å². The minimum atomic E-state index is 1.05. The smallest absolute Gasteiger partial charge is 0.0795 e. The molecule has 3 aromatic rings. The number of aryl methyl sites for hydroxylation is 1. The third kappa shape index (κ3) is 1.39. The van der Waals surface area contributed by atoms with Crippen LogP contribution in [-0.4, -0.2) is 9.55 Å². The van der Waals surface area contributed by atoms with Gasteiger partial charge in [-0.25, -0.2) is 0 Å². The van der Waals surface area contributed by atoms with Crippen LogP contribution in [0.4, 0.5) is 0 Å². The van der Waals surface area contributed by atoms with E-state index in [1.54, 1.807) is 0 Å². The van der Waals surface area contributed by atoms with Crippen LogP contribution in [0.1, 0.15) is 0 Å². The van der Waals surface area contributed by atoms with Crippen molar-refractivity contribution >= 4 is 10.8 Å². The van der Waals surface area contributed by atoms with E-state index in [-0.39, 0.29) is 0 Å². The minimum absolute atomic E-state index is 1.05. The maximum absolute atomic E-state index is 4.48. The molecule has 0 aliphatic heterocycles. The number of aromatic nitrogens is 2. The fourth-order valence-corrected chi connectivity index (χ4v) is 1.99. The molecule has 78 valence electrons. The number of fused-ring (bicyclic) bond motifs is 1. The van der Waals surface area contributed by atoms with Gasteiger partial charge in [0.05, 0.1) is 5.69 Å². The van der Waals surface area contributed by atoms with Crippen molar-refractivity contribution in [2.75, 3.05) is 0 Å². The van der Waals surface area contributed by atoms with Gasteiger partial charge in [0.25, 0.3) is 0 Å². The lowest BCUT2D eigenvalue weighted by Crippen LogP contribution is -1.84. The van der Waals surface area contributed by atoms with E-state index in [2.05, 4.69) is 41.5 Å². The van der Waals surface area contributed by atoms with Crippen LogP contribution >= 0.6 is 0 Å². The Balaban J connectivity index is 2.31. The van der Waals surface area contributed by atoms with Crippen LogP contribution in [0, 0.1) is 0 Å². The highest BCUT2D eigenvalue weighted by Gasteiger charge is 2.05. The first kappa shape index (κ1) is 9.16. The van der Waals surface area contributed by atoms with E-state index in [0.717, 1.165) is 5.69 Å². The van der Waals surface area contributed by atoms with Crippen LogP contribution in [0.2, 0.25) is 0 Å². The standard InChI is InChI=1S/C14H12N2/c1-16-9-7-12(10-16)14-13-5-3-2-4-11(13)6-8-15-14/h2-10H,1H3. The maximum Gasteiger partial charge on any atom is 0.0795 e. The Morgan fingerprint density at radius 3 is 2.75 bits per heavy atom. The second-order valence-electron chi connectivity index (χ2n) is 3.95. The van der Waals surface area contributed by atoms with E-state index in [0.29, 0.717) is 0 Å². The van der Waals surface area contributed by atoms with Crippen molar-refractivity contribution in [3.63, 3.8) is 0 Å². The van der Waals surface area contributed by atoms with E-state index in [9.17, 15) is 0 Å². The summed E-state index contributed by atoms with van der Waals surface area (Å²) in [4.78, 5) is 4.48. The van der Waals surface area contributed by atoms with Crippen molar-refractivity contribution in [2.45, 2.75) is 0 Å². The summed E-state index contributed by atoms with van der Waals surface area (Å²) in [5.41, 5.74) is 2.22. The fraction of sp³-hybridized carbons (Fsp3) is 0.0714. The molecule has 1 aromatic carbocycles. The third-order valence-electron chi connectivity index (χ3n) is 2.78. The quantitative estimate of drug-likeness (QED) is 0.600. The molecule has 0 radical (unpaired) electrons. The van der Waals surface area contributed by atoms with Crippen LogP contribution in [0.5, 0.6) is 0 Å². The minimum Gasteiger partial charge on any atom is -0.357 e. The van der Waals surface area contributed by atoms with E-state index < -0.39 is 0 Å². The zero-order chi connectivity index (χ0) is 11.0. The number of hydrogen-bond acceptors (Lipinski definition) is 1. The highest BCUT2D eigenvalue weighted by molar-refractivity contribution is 5.94. The summed E-state index contributed by atoms with van der Waals surface area (Å²) in [6.07, 6.45) is 6.00. The van der Waals surface area contributed by atoms with Crippen molar-refractivity contribution in [3.05, 3.63) is 55.0 Å². The first-order valence-electron chi connectivity index (χ1n) is 5.31. The number of hydrogen-bond donors (Lipinski definition) is 0. The van der Waals surface area contributed by atoms with Crippen molar-refractivity contribution in [2.24, 2.45) is 7.05 Å². The molecule has 3 rings (SSSR count). The van der Waals surface area contributed by atoms with Gasteiger partial charge < -0.3 is 4.57 Å². The summed E-state index contributed by atoms with van der Waals surface area (Å²) in [5, 5.41) is 2.44. The molecule has 2 aromatic heterocycles. The van der Waals surface area contributed by atoms with Crippen molar-refractivity contribution in [1.82, 2.24) is 9.55 Å². The van der Waals surface area contributed by atoms with Crippen molar-refractivity contribution in [1.29, 1.82) is 0 Å². The van der Waals surface area contributed by atoms with E-state index in [1.807, 2.05) is 30.1 Å². The molecule has 2 nitrogen and oxygen atoms in total. The van der Waals surface area contributed by atoms with Gasteiger partial charge >= 0.3 is 0 Å². The highest BCUT2D eigenvalue weighted by Crippen LogP contribution is 2.25. The normalized spacial score (nSPS) is 10.8. The number of rotatable bonds is 1. The Kier molecular flexibility index (Phi) is 2.00. The second-order valence-corrected chi connectivity index (χ2v) is 3.95. The topological polar surface area (TPSA) is 17.8 Å². The second kappa shape index (κ2) is 3.49. The largest absolute Gasteiger partial charge is 0.357 e. The number of nitrogens with zero attached hydrogens (tertiary/aromatic N) is 2. The van der Waals surface area contributed by atoms with Gasteiger partial charge in [0, 0.05) is 36.6 Å². The van der Waals surface area contributed by atoms with Crippen molar-refractivity contribution < 1.29 is 0 Å². The molecule has 0 saturated heterocycles. The average molecular weight is 208 g/mol. The first-order chi connectivity index (χ1) is 7.84. The summed E-state index contributed by atoms with van der Waals surface area (Å²) in [5.74, 6) is 0. The number of pyridine rings is 1. The van der Waals surface area contributed by atoms with Gasteiger partial charge in [0.1, 0.15) is 0 Å². The summed E-state index contributed by atoms with van der Waals surface area (Å²) in [6.45, 7) is 0. The molecular weight excluding hydrogens is 196 g/mol. The molecule has 0 fully saturated rings. The van der Waals surface area contributed by atoms with Gasteiger partial charge in [-0.3, -0.25) is 4.98 Å². The number of benzene rings is 1. The Morgan fingerprint density at radius 2 is 1.94 bits per heavy atom. The molecule has 0 bridgehead atoms. The maximum atomic E-state index is 4.48. The van der Waals surface area contributed by atoms with Gasteiger partial charge in [-0.05, 0) is 17.5 Å². The Labute approximate surface area is 94.2 Å². The summed E-state index contributed by atoms with van der Waals surface area (Å²) < 4.78 is 2.04. The predicted molar refractivity (Wildman–Crippen MR) is 66.2 cm³/mol. The SMILES string of the molecule is Cn1ccc(-c2nccc3ccccc23)c1. The Hall–Kier alpha value is -2.09. The summed E-state index contributed by atoms with van der Waals surface area (Å²) in [6, 6.07) is 12.5. The van der Waals surface area contributed by atoms with Crippen LogP contribution in [-0.2, 0) is 7.05 Å².